The molecular weight excluding hydrogens is 480 g/mol. The standard InChI is InChI=1S/C31H40N2O3S/c1-23-7-11-28(12-8-23)37-20-4-18-33-19-16-24(26(22-33)9-14-31(34)35)5-3-6-25-15-17-32-30-13-10-27(36-2)21-29(25)30/h7-8,10-13,15,17,21,24,26H,3-6,9,14,16,18-20,22H2,1-2H3,(H,34,35). The second kappa shape index (κ2) is 13.8. The largest absolute Gasteiger partial charge is 0.497 e. The summed E-state index contributed by atoms with van der Waals surface area (Å²) >= 11 is 1.93. The van der Waals surface area contributed by atoms with Crippen LogP contribution in [0.1, 0.15) is 49.7 Å². The fraction of sp³-hybridized carbons (Fsp3) is 0.484. The van der Waals surface area contributed by atoms with Gasteiger partial charge in [-0.05, 0) is 118 Å². The van der Waals surface area contributed by atoms with Crippen molar-refractivity contribution in [3.8, 4) is 5.75 Å². The van der Waals surface area contributed by atoms with E-state index in [-0.39, 0.29) is 6.42 Å². The third-order valence-corrected chi connectivity index (χ3v) is 8.77. The molecule has 2 unspecified atom stereocenters. The number of nitrogens with zero attached hydrogens (tertiary/aromatic N) is 2. The van der Waals surface area contributed by atoms with E-state index >= 15 is 0 Å². The lowest BCUT2D eigenvalue weighted by Gasteiger charge is -2.39. The quantitative estimate of drug-likeness (QED) is 0.196. The van der Waals surface area contributed by atoms with Crippen LogP contribution in [0, 0.1) is 18.8 Å². The van der Waals surface area contributed by atoms with Gasteiger partial charge in [0, 0.05) is 29.4 Å². The molecule has 6 heteroatoms. The molecule has 0 bridgehead atoms. The van der Waals surface area contributed by atoms with Gasteiger partial charge in [0.2, 0.25) is 0 Å². The van der Waals surface area contributed by atoms with Gasteiger partial charge in [-0.3, -0.25) is 9.78 Å². The van der Waals surface area contributed by atoms with Gasteiger partial charge in [-0.25, -0.2) is 0 Å². The zero-order valence-corrected chi connectivity index (χ0v) is 23.0. The maximum Gasteiger partial charge on any atom is 0.303 e. The van der Waals surface area contributed by atoms with E-state index in [1.807, 2.05) is 30.1 Å². The van der Waals surface area contributed by atoms with Crippen LogP contribution < -0.4 is 4.74 Å². The molecule has 5 nitrogen and oxygen atoms in total. The molecule has 1 aliphatic heterocycles. The van der Waals surface area contributed by atoms with E-state index in [2.05, 4.69) is 53.2 Å². The first-order valence-electron chi connectivity index (χ1n) is 13.6. The van der Waals surface area contributed by atoms with Gasteiger partial charge in [0.1, 0.15) is 5.75 Å². The molecule has 0 radical (unpaired) electrons. The number of hydrogen-bond acceptors (Lipinski definition) is 5. The van der Waals surface area contributed by atoms with Crippen molar-refractivity contribution in [2.45, 2.75) is 56.8 Å². The first kappa shape index (κ1) is 27.5. The number of fused-ring (bicyclic) bond motifs is 1. The Morgan fingerprint density at radius 2 is 1.95 bits per heavy atom. The Kier molecular flexibility index (Phi) is 10.3. The average molecular weight is 521 g/mol. The molecule has 3 aromatic rings. The number of methoxy groups -OCH3 is 1. The zero-order chi connectivity index (χ0) is 26.0. The van der Waals surface area contributed by atoms with Gasteiger partial charge in [-0.15, -0.1) is 11.8 Å². The molecule has 2 atom stereocenters. The molecule has 1 saturated heterocycles. The highest BCUT2D eigenvalue weighted by Gasteiger charge is 2.29. The number of piperidine rings is 1. The molecule has 4 rings (SSSR count). The van der Waals surface area contributed by atoms with Crippen LogP contribution in [0.15, 0.2) is 59.6 Å². The summed E-state index contributed by atoms with van der Waals surface area (Å²) in [5.41, 5.74) is 3.62. The molecule has 37 heavy (non-hydrogen) atoms. The number of aromatic nitrogens is 1. The van der Waals surface area contributed by atoms with Gasteiger partial charge in [-0.1, -0.05) is 17.7 Å². The van der Waals surface area contributed by atoms with Gasteiger partial charge in [-0.2, -0.15) is 0 Å². The molecule has 1 aliphatic rings. The number of benzene rings is 2. The topological polar surface area (TPSA) is 62.7 Å². The van der Waals surface area contributed by atoms with Crippen molar-refractivity contribution < 1.29 is 14.6 Å². The lowest BCUT2D eigenvalue weighted by molar-refractivity contribution is -0.137. The Bertz CT molecular complexity index is 1150. The minimum atomic E-state index is -0.678. The van der Waals surface area contributed by atoms with E-state index in [0.717, 1.165) is 68.8 Å². The van der Waals surface area contributed by atoms with Crippen molar-refractivity contribution in [2.24, 2.45) is 11.8 Å². The van der Waals surface area contributed by atoms with Crippen LogP contribution in [0.25, 0.3) is 10.9 Å². The number of carboxylic acids is 1. The lowest BCUT2D eigenvalue weighted by atomic mass is 9.79. The highest BCUT2D eigenvalue weighted by Crippen LogP contribution is 2.32. The van der Waals surface area contributed by atoms with Crippen molar-refractivity contribution in [1.82, 2.24) is 9.88 Å². The molecule has 0 saturated carbocycles. The Morgan fingerprint density at radius 3 is 2.73 bits per heavy atom. The van der Waals surface area contributed by atoms with Gasteiger partial charge >= 0.3 is 5.97 Å². The van der Waals surface area contributed by atoms with Crippen molar-refractivity contribution in [3.63, 3.8) is 0 Å². The van der Waals surface area contributed by atoms with E-state index in [4.69, 9.17) is 4.74 Å². The van der Waals surface area contributed by atoms with Crippen molar-refractivity contribution in [1.29, 1.82) is 0 Å². The number of hydrogen-bond donors (Lipinski definition) is 1. The molecule has 0 aliphatic carbocycles. The summed E-state index contributed by atoms with van der Waals surface area (Å²) < 4.78 is 5.43. The third-order valence-electron chi connectivity index (χ3n) is 7.67. The molecule has 0 amide bonds. The summed E-state index contributed by atoms with van der Waals surface area (Å²) in [5, 5.41) is 10.5. The van der Waals surface area contributed by atoms with Crippen molar-refractivity contribution >= 4 is 28.6 Å². The van der Waals surface area contributed by atoms with Crippen LogP contribution in [0.5, 0.6) is 5.75 Å². The molecule has 198 valence electrons. The Hall–Kier alpha value is -2.57. The minimum absolute atomic E-state index is 0.271. The van der Waals surface area contributed by atoms with Gasteiger partial charge < -0.3 is 14.7 Å². The molecule has 1 aromatic heterocycles. The Balaban J connectivity index is 1.28. The number of ether oxygens (including phenoxy) is 1. The summed E-state index contributed by atoms with van der Waals surface area (Å²) in [6.07, 6.45) is 8.54. The fourth-order valence-electron chi connectivity index (χ4n) is 5.57. The van der Waals surface area contributed by atoms with Gasteiger partial charge in [0.15, 0.2) is 0 Å². The number of likely N-dealkylation sites (tertiary alicyclic amines) is 1. The predicted octanol–water partition coefficient (Wildman–Crippen LogP) is 6.86. The maximum absolute atomic E-state index is 11.3. The molecule has 0 spiro atoms. The second-order valence-corrected chi connectivity index (χ2v) is 11.5. The summed E-state index contributed by atoms with van der Waals surface area (Å²) in [4.78, 5) is 19.8. The lowest BCUT2D eigenvalue weighted by Crippen LogP contribution is -2.41. The van der Waals surface area contributed by atoms with E-state index in [1.165, 1.54) is 27.8 Å². The van der Waals surface area contributed by atoms with Crippen LogP contribution in [0.2, 0.25) is 0 Å². The molecule has 1 fully saturated rings. The van der Waals surface area contributed by atoms with Gasteiger partial charge in [0.05, 0.1) is 12.6 Å². The molecule has 1 N–H and O–H groups in total. The molecular formula is C31H40N2O3S. The number of aliphatic carboxylic acids is 1. The highest BCUT2D eigenvalue weighted by molar-refractivity contribution is 7.99. The predicted molar refractivity (Wildman–Crippen MR) is 153 cm³/mol. The summed E-state index contributed by atoms with van der Waals surface area (Å²) in [5.74, 6) is 2.36. The van der Waals surface area contributed by atoms with E-state index < -0.39 is 5.97 Å². The number of rotatable bonds is 13. The zero-order valence-electron chi connectivity index (χ0n) is 22.2. The Labute approximate surface area is 225 Å². The first-order chi connectivity index (χ1) is 18.0. The number of carbonyl (C=O) groups is 1. The van der Waals surface area contributed by atoms with Crippen LogP contribution in [-0.4, -0.2) is 53.5 Å². The average Bonchev–Trinajstić information content (AvgIpc) is 2.91. The minimum Gasteiger partial charge on any atom is -0.497 e. The second-order valence-electron chi connectivity index (χ2n) is 10.3. The number of aryl methyl sites for hydroxylation is 2. The van der Waals surface area contributed by atoms with Crippen LogP contribution in [0.4, 0.5) is 0 Å². The molecule has 2 aromatic carbocycles. The number of pyridine rings is 1. The van der Waals surface area contributed by atoms with E-state index in [0.29, 0.717) is 11.8 Å². The maximum atomic E-state index is 11.3. The normalized spacial score (nSPS) is 18.2. The Morgan fingerprint density at radius 1 is 1.11 bits per heavy atom. The van der Waals surface area contributed by atoms with Gasteiger partial charge in [0.25, 0.3) is 0 Å². The smallest absolute Gasteiger partial charge is 0.303 e. The van der Waals surface area contributed by atoms with Crippen molar-refractivity contribution in [3.05, 3.63) is 65.9 Å². The highest BCUT2D eigenvalue weighted by atomic mass is 32.2. The van der Waals surface area contributed by atoms with Crippen molar-refractivity contribution in [2.75, 3.05) is 32.5 Å². The third kappa shape index (κ3) is 8.21. The summed E-state index contributed by atoms with van der Waals surface area (Å²) in [6, 6.07) is 17.0. The first-order valence-corrected chi connectivity index (χ1v) is 14.6. The van der Waals surface area contributed by atoms with E-state index in [9.17, 15) is 9.90 Å². The van der Waals surface area contributed by atoms with Crippen LogP contribution in [-0.2, 0) is 11.2 Å². The summed E-state index contributed by atoms with van der Waals surface area (Å²) in [7, 11) is 1.70. The fourth-order valence-corrected chi connectivity index (χ4v) is 6.41. The van der Waals surface area contributed by atoms with Crippen LogP contribution in [0.3, 0.4) is 0 Å². The monoisotopic (exact) mass is 520 g/mol. The SMILES string of the molecule is COc1ccc2nccc(CCCC3CCN(CCCSc4ccc(C)cc4)CC3CCC(=O)O)c2c1. The number of thioether (sulfide) groups is 1. The summed E-state index contributed by atoms with van der Waals surface area (Å²) in [6.45, 7) is 5.37. The van der Waals surface area contributed by atoms with Crippen LogP contribution >= 0.6 is 11.8 Å². The number of carboxylic acid groups (broad SMARTS) is 1. The van der Waals surface area contributed by atoms with E-state index in [1.54, 1.807) is 7.11 Å². The molecule has 2 heterocycles.